The Labute approximate surface area is 232 Å². The minimum absolute atomic E-state index is 0.0688. The van der Waals surface area contributed by atoms with E-state index >= 15 is 0 Å². The van der Waals surface area contributed by atoms with E-state index in [0.29, 0.717) is 24.4 Å². The zero-order chi connectivity index (χ0) is 27.0. The highest BCUT2D eigenvalue weighted by Crippen LogP contribution is 2.40. The van der Waals surface area contributed by atoms with E-state index in [1.54, 1.807) is 0 Å². The smallest absolute Gasteiger partial charge is 0.338 e. The van der Waals surface area contributed by atoms with E-state index in [4.69, 9.17) is 4.74 Å². The van der Waals surface area contributed by atoms with E-state index in [2.05, 4.69) is 75.0 Å². The van der Waals surface area contributed by atoms with Crippen molar-refractivity contribution in [2.45, 2.75) is 51.0 Å². The molecule has 2 N–H and O–H groups in total. The molecule has 0 saturated heterocycles. The van der Waals surface area contributed by atoms with Gasteiger partial charge in [-0.05, 0) is 69.1 Å². The molecule has 202 valence electrons. The van der Waals surface area contributed by atoms with Crippen molar-refractivity contribution in [1.29, 1.82) is 0 Å². The Kier molecular flexibility index (Phi) is 10.9. The molecule has 0 bridgehead atoms. The first-order valence-electron chi connectivity index (χ1n) is 13.0. The lowest BCUT2D eigenvalue weighted by atomic mass is 9.80. The molecule has 2 aliphatic rings. The average molecular weight is 546 g/mol. The predicted molar refractivity (Wildman–Crippen MR) is 157 cm³/mol. The summed E-state index contributed by atoms with van der Waals surface area (Å²) >= 11 is 8.59. The van der Waals surface area contributed by atoms with Crippen LogP contribution in [-0.2, 0) is 10.2 Å². The molecule has 1 aliphatic carbocycles. The summed E-state index contributed by atoms with van der Waals surface area (Å²) < 4.78 is 7.92. The fourth-order valence-electron chi connectivity index (χ4n) is 5.06. The van der Waals surface area contributed by atoms with Crippen molar-refractivity contribution in [1.82, 2.24) is 4.90 Å². The summed E-state index contributed by atoms with van der Waals surface area (Å²) in [5, 5.41) is 18.6. The Morgan fingerprint density at radius 1 is 1.16 bits per heavy atom. The van der Waals surface area contributed by atoms with Crippen molar-refractivity contribution in [2.24, 2.45) is 0 Å². The molecule has 1 heterocycles. The van der Waals surface area contributed by atoms with Crippen LogP contribution in [0.15, 0.2) is 53.8 Å². The maximum Gasteiger partial charge on any atom is 0.338 e. The van der Waals surface area contributed by atoms with Gasteiger partial charge < -0.3 is 19.8 Å². The topological polar surface area (TPSA) is 73.0 Å². The van der Waals surface area contributed by atoms with Crippen molar-refractivity contribution in [3.8, 4) is 0 Å². The lowest BCUT2D eigenvalue weighted by molar-refractivity contribution is -0.401. The molecule has 1 aromatic carbocycles. The molecule has 3 rings (SSSR count). The lowest BCUT2D eigenvalue weighted by Crippen LogP contribution is -2.29. The molecule has 0 amide bonds. The summed E-state index contributed by atoms with van der Waals surface area (Å²) in [5.74, 6) is 0.942. The van der Waals surface area contributed by atoms with Gasteiger partial charge in [-0.15, -0.1) is 0 Å². The predicted octanol–water partition coefficient (Wildman–Crippen LogP) is 4.30. The van der Waals surface area contributed by atoms with Gasteiger partial charge in [-0.2, -0.15) is 29.8 Å². The maximum absolute atomic E-state index is 12.9. The second-order valence-corrected chi connectivity index (χ2v) is 10.9. The van der Waals surface area contributed by atoms with Crippen LogP contribution in [0.2, 0.25) is 0 Å². The van der Waals surface area contributed by atoms with E-state index < -0.39 is 0 Å². The molecule has 0 aromatic heterocycles. The summed E-state index contributed by atoms with van der Waals surface area (Å²) in [6, 6.07) is 5.81. The highest BCUT2D eigenvalue weighted by molar-refractivity contribution is 7.80. The Morgan fingerprint density at radius 2 is 1.89 bits per heavy atom. The monoisotopic (exact) mass is 545 g/mol. The number of carbonyl (C=O) groups is 1. The van der Waals surface area contributed by atoms with Crippen LogP contribution in [-0.4, -0.2) is 82.3 Å². The van der Waals surface area contributed by atoms with Gasteiger partial charge in [-0.25, -0.2) is 4.79 Å². The second kappa shape index (κ2) is 13.7. The quantitative estimate of drug-likeness (QED) is 0.169. The van der Waals surface area contributed by atoms with Crippen molar-refractivity contribution in [2.75, 3.05) is 44.9 Å². The molecule has 0 radical (unpaired) electrons. The van der Waals surface area contributed by atoms with E-state index in [-0.39, 0.29) is 30.7 Å². The molecular formula is C29H41N2O4S2+. The van der Waals surface area contributed by atoms with Gasteiger partial charge in [-0.3, -0.25) is 0 Å². The van der Waals surface area contributed by atoms with Crippen LogP contribution in [0.3, 0.4) is 0 Å². The highest BCUT2D eigenvalue weighted by atomic mass is 32.1. The second-order valence-electron chi connectivity index (χ2n) is 10.0. The molecular weight excluding hydrogens is 504 g/mol. The number of allylic oxidation sites excluding steroid dienone is 6. The molecule has 0 fully saturated rings. The van der Waals surface area contributed by atoms with Gasteiger partial charge in [0.1, 0.15) is 13.2 Å². The zero-order valence-corrected chi connectivity index (χ0v) is 24.0. The Bertz CT molecular complexity index is 1090. The number of hydrogen-bond acceptors (Lipinski definition) is 7. The van der Waals surface area contributed by atoms with Crippen LogP contribution in [0.25, 0.3) is 0 Å². The summed E-state index contributed by atoms with van der Waals surface area (Å²) in [5.41, 5.74) is 6.01. The third-order valence-electron chi connectivity index (χ3n) is 7.19. The number of nitrogens with zero attached hydrogens (tertiary/aromatic N) is 2. The number of aliphatic hydroxyl groups excluding tert-OH is 2. The largest absolute Gasteiger partial charge is 0.458 e. The fraction of sp³-hybridized carbons (Fsp3) is 0.517. The first kappa shape index (κ1) is 29.6. The van der Waals surface area contributed by atoms with E-state index in [9.17, 15) is 15.0 Å². The number of esters is 1. The first-order chi connectivity index (χ1) is 17.8. The minimum atomic E-state index is -0.310. The van der Waals surface area contributed by atoms with Crippen LogP contribution in [0.1, 0.15) is 55.5 Å². The van der Waals surface area contributed by atoms with Crippen molar-refractivity contribution < 1.29 is 24.3 Å². The number of benzene rings is 1. The van der Waals surface area contributed by atoms with Crippen LogP contribution in [0.4, 0.5) is 5.69 Å². The van der Waals surface area contributed by atoms with Gasteiger partial charge >= 0.3 is 5.97 Å². The Hall–Kier alpha value is -2.00. The standard InChI is InChI=1S/C29H40N2O4S2/c1-29(2)25-19-22(28(34)35-24(20-37)5-4-18-36)9-12-26(25)30(3)27(29)13-8-21-6-10-23(11-7-21)31(14-16-32)15-17-33/h6,8-10,12-13,19,24,32-33H,4-5,7,11,14-18,20H2,1-3H3,(H-,36,37)/p+1. The minimum Gasteiger partial charge on any atom is -0.458 e. The SMILES string of the molecule is C[N+]1=C(C=CC2=CC=C(N(CCO)CCO)CC2)C(C)(C)c2cc(C(=O)OC(CS)CCCS)ccc21. The summed E-state index contributed by atoms with van der Waals surface area (Å²) in [6.07, 6.45) is 11.7. The number of thiol groups is 2. The number of ether oxygens (including phenoxy) is 1. The van der Waals surface area contributed by atoms with E-state index in [1.165, 1.54) is 5.57 Å². The van der Waals surface area contributed by atoms with E-state index in [1.807, 2.05) is 23.1 Å². The molecule has 1 atom stereocenters. The molecule has 6 nitrogen and oxygen atoms in total. The normalized spacial score (nSPS) is 17.5. The number of rotatable bonds is 13. The average Bonchev–Trinajstić information content (AvgIpc) is 3.09. The van der Waals surface area contributed by atoms with Gasteiger partial charge in [-0.1, -0.05) is 12.2 Å². The van der Waals surface area contributed by atoms with Crippen LogP contribution in [0, 0.1) is 0 Å². The Morgan fingerprint density at radius 3 is 2.49 bits per heavy atom. The Balaban J connectivity index is 1.77. The number of aliphatic hydroxyl groups is 2. The maximum atomic E-state index is 12.9. The molecule has 1 aliphatic heterocycles. The molecule has 8 heteroatoms. The van der Waals surface area contributed by atoms with Crippen LogP contribution in [0.5, 0.6) is 0 Å². The van der Waals surface area contributed by atoms with Gasteiger partial charge in [0.05, 0.1) is 24.2 Å². The van der Waals surface area contributed by atoms with Gasteiger partial charge in [0.2, 0.25) is 5.69 Å². The third kappa shape index (κ3) is 7.11. The third-order valence-corrected chi connectivity index (χ3v) is 7.91. The van der Waals surface area contributed by atoms with Gasteiger partial charge in [0.15, 0.2) is 5.71 Å². The first-order valence-corrected chi connectivity index (χ1v) is 14.3. The van der Waals surface area contributed by atoms with E-state index in [0.717, 1.165) is 54.1 Å². The summed E-state index contributed by atoms with van der Waals surface area (Å²) in [4.78, 5) is 14.9. The van der Waals surface area contributed by atoms with Crippen molar-refractivity contribution in [3.05, 3.63) is 64.9 Å². The molecule has 1 unspecified atom stereocenters. The fourth-order valence-corrected chi connectivity index (χ4v) is 5.50. The van der Waals surface area contributed by atoms with Crippen LogP contribution < -0.4 is 0 Å². The van der Waals surface area contributed by atoms with Gasteiger partial charge in [0.25, 0.3) is 0 Å². The lowest BCUT2D eigenvalue weighted by Gasteiger charge is -2.27. The summed E-state index contributed by atoms with van der Waals surface area (Å²) in [6.45, 7) is 5.56. The number of hydrogen-bond donors (Lipinski definition) is 4. The summed E-state index contributed by atoms with van der Waals surface area (Å²) in [7, 11) is 2.06. The molecule has 1 aromatic rings. The van der Waals surface area contributed by atoms with Crippen molar-refractivity contribution in [3.63, 3.8) is 0 Å². The molecule has 0 saturated carbocycles. The number of carbonyl (C=O) groups excluding carboxylic acids is 1. The van der Waals surface area contributed by atoms with Gasteiger partial charge in [0, 0.05) is 42.2 Å². The van der Waals surface area contributed by atoms with Crippen molar-refractivity contribution >= 4 is 42.6 Å². The highest BCUT2D eigenvalue weighted by Gasteiger charge is 2.43. The van der Waals surface area contributed by atoms with Crippen LogP contribution >= 0.6 is 25.3 Å². The molecule has 37 heavy (non-hydrogen) atoms. The zero-order valence-electron chi connectivity index (χ0n) is 22.2. The number of fused-ring (bicyclic) bond motifs is 1. The molecule has 0 spiro atoms.